The normalized spacial score (nSPS) is 23.3. The van der Waals surface area contributed by atoms with Crippen molar-refractivity contribution in [2.24, 2.45) is 5.92 Å². The Morgan fingerprint density at radius 3 is 2.89 bits per heavy atom. The molecule has 2 unspecified atom stereocenters. The molecule has 4 heteroatoms. The van der Waals surface area contributed by atoms with E-state index in [4.69, 9.17) is 21.4 Å². The van der Waals surface area contributed by atoms with Crippen LogP contribution in [0.25, 0.3) is 0 Å². The van der Waals surface area contributed by atoms with Gasteiger partial charge in [0.25, 0.3) is 0 Å². The van der Waals surface area contributed by atoms with Crippen LogP contribution < -0.4 is 0 Å². The number of ether oxygens (including phenoxy) is 1. The fraction of sp³-hybridized carbons (Fsp3) is 0.533. The summed E-state index contributed by atoms with van der Waals surface area (Å²) < 4.78 is 5.89. The Labute approximate surface area is 118 Å². The summed E-state index contributed by atoms with van der Waals surface area (Å²) in [5.41, 5.74) is 1.06. The van der Waals surface area contributed by atoms with E-state index in [1.54, 1.807) is 12.1 Å². The Hall–Kier alpha value is -1.06. The molecule has 1 fully saturated rings. The molecule has 104 valence electrons. The average Bonchev–Trinajstić information content (AvgIpc) is 2.37. The van der Waals surface area contributed by atoms with E-state index in [2.05, 4.69) is 6.92 Å². The number of carboxylic acid groups (broad SMARTS) is 1. The van der Waals surface area contributed by atoms with Crippen molar-refractivity contribution in [3.63, 3.8) is 0 Å². The number of halogens is 1. The molecule has 1 saturated carbocycles. The van der Waals surface area contributed by atoms with Gasteiger partial charge in [0.05, 0.1) is 18.3 Å². The van der Waals surface area contributed by atoms with Gasteiger partial charge in [0.2, 0.25) is 0 Å². The van der Waals surface area contributed by atoms with Gasteiger partial charge in [-0.1, -0.05) is 37.4 Å². The van der Waals surface area contributed by atoms with Crippen molar-refractivity contribution in [2.45, 2.75) is 45.3 Å². The Morgan fingerprint density at radius 2 is 2.26 bits per heavy atom. The zero-order chi connectivity index (χ0) is 13.8. The lowest BCUT2D eigenvalue weighted by molar-refractivity contribution is 0.00469. The third-order valence-electron chi connectivity index (χ3n) is 3.66. The van der Waals surface area contributed by atoms with Crippen LogP contribution in [0.1, 0.15) is 48.5 Å². The molecule has 0 amide bonds. The SMILES string of the molecule is CC1CCCC(OCc2ccc(C(=O)O)cc2Cl)C1. The molecule has 0 saturated heterocycles. The van der Waals surface area contributed by atoms with Crippen molar-refractivity contribution in [2.75, 3.05) is 0 Å². The third kappa shape index (κ3) is 3.95. The number of aromatic carboxylic acids is 1. The molecule has 2 atom stereocenters. The van der Waals surface area contributed by atoms with Crippen LogP contribution in [0, 0.1) is 5.92 Å². The minimum Gasteiger partial charge on any atom is -0.478 e. The topological polar surface area (TPSA) is 46.5 Å². The van der Waals surface area contributed by atoms with Crippen molar-refractivity contribution >= 4 is 17.6 Å². The first-order valence-electron chi connectivity index (χ1n) is 6.69. The zero-order valence-corrected chi connectivity index (χ0v) is 11.8. The summed E-state index contributed by atoms with van der Waals surface area (Å²) in [6, 6.07) is 4.78. The Morgan fingerprint density at radius 1 is 1.47 bits per heavy atom. The van der Waals surface area contributed by atoms with Gasteiger partial charge in [-0.15, -0.1) is 0 Å². The molecule has 0 spiro atoms. The summed E-state index contributed by atoms with van der Waals surface area (Å²) >= 11 is 6.08. The highest BCUT2D eigenvalue weighted by Crippen LogP contribution is 2.27. The number of rotatable bonds is 4. The molecule has 0 heterocycles. The fourth-order valence-corrected chi connectivity index (χ4v) is 2.77. The van der Waals surface area contributed by atoms with E-state index in [0.29, 0.717) is 17.7 Å². The van der Waals surface area contributed by atoms with Crippen LogP contribution in [0.3, 0.4) is 0 Å². The highest BCUT2D eigenvalue weighted by molar-refractivity contribution is 6.31. The highest BCUT2D eigenvalue weighted by atomic mass is 35.5. The van der Waals surface area contributed by atoms with Gasteiger partial charge in [-0.05, 0) is 36.5 Å². The maximum absolute atomic E-state index is 10.8. The van der Waals surface area contributed by atoms with Crippen LogP contribution >= 0.6 is 11.6 Å². The lowest BCUT2D eigenvalue weighted by atomic mass is 9.89. The predicted octanol–water partition coefficient (Wildman–Crippen LogP) is 4.13. The first-order chi connectivity index (χ1) is 9.06. The second-order valence-electron chi connectivity index (χ2n) is 5.32. The summed E-state index contributed by atoms with van der Waals surface area (Å²) in [6.07, 6.45) is 5.02. The van der Waals surface area contributed by atoms with Gasteiger partial charge < -0.3 is 9.84 Å². The first kappa shape index (κ1) is 14.4. The molecule has 1 N–H and O–H groups in total. The third-order valence-corrected chi connectivity index (χ3v) is 4.01. The van der Waals surface area contributed by atoms with E-state index in [-0.39, 0.29) is 5.56 Å². The van der Waals surface area contributed by atoms with Crippen molar-refractivity contribution in [3.05, 3.63) is 34.3 Å². The average molecular weight is 283 g/mol. The molecule has 1 aliphatic rings. The summed E-state index contributed by atoms with van der Waals surface area (Å²) in [5, 5.41) is 9.33. The van der Waals surface area contributed by atoms with Crippen molar-refractivity contribution in [1.29, 1.82) is 0 Å². The highest BCUT2D eigenvalue weighted by Gasteiger charge is 2.19. The monoisotopic (exact) mass is 282 g/mol. The summed E-state index contributed by atoms with van der Waals surface area (Å²) in [5.74, 6) is -0.237. The van der Waals surface area contributed by atoms with Gasteiger partial charge in [-0.2, -0.15) is 0 Å². The molecule has 0 aliphatic heterocycles. The maximum Gasteiger partial charge on any atom is 0.335 e. The second-order valence-corrected chi connectivity index (χ2v) is 5.72. The molecule has 19 heavy (non-hydrogen) atoms. The van der Waals surface area contributed by atoms with Gasteiger partial charge >= 0.3 is 5.97 Å². The summed E-state index contributed by atoms with van der Waals surface area (Å²) in [4.78, 5) is 10.8. The van der Waals surface area contributed by atoms with E-state index < -0.39 is 5.97 Å². The number of carboxylic acids is 1. The van der Waals surface area contributed by atoms with Crippen LogP contribution in [-0.4, -0.2) is 17.2 Å². The van der Waals surface area contributed by atoms with Crippen LogP contribution in [0.5, 0.6) is 0 Å². The number of carbonyl (C=O) groups is 1. The zero-order valence-electron chi connectivity index (χ0n) is 11.1. The molecule has 3 nitrogen and oxygen atoms in total. The van der Waals surface area contributed by atoms with Crippen LogP contribution in [-0.2, 0) is 11.3 Å². The van der Waals surface area contributed by atoms with E-state index in [1.807, 2.05) is 0 Å². The van der Waals surface area contributed by atoms with Crippen molar-refractivity contribution < 1.29 is 14.6 Å². The van der Waals surface area contributed by atoms with Crippen LogP contribution in [0.15, 0.2) is 18.2 Å². The smallest absolute Gasteiger partial charge is 0.335 e. The van der Waals surface area contributed by atoms with E-state index in [0.717, 1.165) is 24.3 Å². The van der Waals surface area contributed by atoms with E-state index >= 15 is 0 Å². The predicted molar refractivity (Wildman–Crippen MR) is 74.6 cm³/mol. The van der Waals surface area contributed by atoms with Gasteiger partial charge in [0, 0.05) is 5.02 Å². The largest absolute Gasteiger partial charge is 0.478 e. The molecule has 0 bridgehead atoms. The fourth-order valence-electron chi connectivity index (χ4n) is 2.53. The Kier molecular flexibility index (Phi) is 4.83. The molecular weight excluding hydrogens is 264 g/mol. The molecule has 0 radical (unpaired) electrons. The van der Waals surface area contributed by atoms with E-state index in [9.17, 15) is 4.79 Å². The van der Waals surface area contributed by atoms with Gasteiger partial charge in [-0.3, -0.25) is 0 Å². The Balaban J connectivity index is 1.94. The molecule has 1 aliphatic carbocycles. The first-order valence-corrected chi connectivity index (χ1v) is 7.07. The molecule has 1 aromatic rings. The van der Waals surface area contributed by atoms with Crippen molar-refractivity contribution in [3.8, 4) is 0 Å². The number of benzene rings is 1. The minimum absolute atomic E-state index is 0.208. The van der Waals surface area contributed by atoms with Gasteiger partial charge in [0.15, 0.2) is 0 Å². The Bertz CT molecular complexity index is 459. The van der Waals surface area contributed by atoms with Crippen LogP contribution in [0.4, 0.5) is 0 Å². The van der Waals surface area contributed by atoms with Gasteiger partial charge in [0.1, 0.15) is 0 Å². The quantitative estimate of drug-likeness (QED) is 0.903. The molecule has 0 aromatic heterocycles. The maximum atomic E-state index is 10.8. The standard InChI is InChI=1S/C15H19ClO3/c1-10-3-2-4-13(7-10)19-9-12-6-5-11(15(17)18)8-14(12)16/h5-6,8,10,13H,2-4,7,9H2,1H3,(H,17,18). The molecule has 2 rings (SSSR count). The van der Waals surface area contributed by atoms with Crippen molar-refractivity contribution in [1.82, 2.24) is 0 Å². The molecular formula is C15H19ClO3. The summed E-state index contributed by atoms with van der Waals surface area (Å²) in [7, 11) is 0. The summed E-state index contributed by atoms with van der Waals surface area (Å²) in [6.45, 7) is 2.71. The number of hydrogen-bond donors (Lipinski definition) is 1. The molecule has 1 aromatic carbocycles. The lowest BCUT2D eigenvalue weighted by Crippen LogP contribution is -2.21. The second kappa shape index (κ2) is 6.40. The number of hydrogen-bond acceptors (Lipinski definition) is 2. The van der Waals surface area contributed by atoms with Crippen LogP contribution in [0.2, 0.25) is 5.02 Å². The van der Waals surface area contributed by atoms with Gasteiger partial charge in [-0.25, -0.2) is 4.79 Å². The van der Waals surface area contributed by atoms with E-state index in [1.165, 1.54) is 18.9 Å². The lowest BCUT2D eigenvalue weighted by Gasteiger charge is -2.26. The minimum atomic E-state index is -0.963.